The molecule has 29 heavy (non-hydrogen) atoms. The quantitative estimate of drug-likeness (QED) is 0.606. The number of carbonyl (C=O) groups is 1. The van der Waals surface area contributed by atoms with E-state index in [1.807, 2.05) is 0 Å². The van der Waals surface area contributed by atoms with Crippen LogP contribution >= 0.6 is 0 Å². The van der Waals surface area contributed by atoms with Crippen molar-refractivity contribution >= 4 is 11.6 Å². The van der Waals surface area contributed by atoms with Crippen molar-refractivity contribution in [3.05, 3.63) is 70.9 Å². The second kappa shape index (κ2) is 8.68. The van der Waals surface area contributed by atoms with Gasteiger partial charge in [0.05, 0.1) is 11.3 Å². The predicted molar refractivity (Wildman–Crippen MR) is 97.7 cm³/mol. The number of anilines is 1. The normalized spacial score (nSPS) is 10.8. The summed E-state index contributed by atoms with van der Waals surface area (Å²) in [5, 5.41) is 6.22. The van der Waals surface area contributed by atoms with Crippen LogP contribution in [0.15, 0.2) is 47.0 Å². The number of rotatable bonds is 7. The van der Waals surface area contributed by atoms with E-state index in [2.05, 4.69) is 15.2 Å². The lowest BCUT2D eigenvalue weighted by Gasteiger charge is -2.12. The highest BCUT2D eigenvalue weighted by Crippen LogP contribution is 2.28. The second-order valence-corrected chi connectivity index (χ2v) is 6.14. The maximum atomic E-state index is 13.3. The fraction of sp³-hybridized carbons (Fsp3) is 0.200. The first-order valence-corrected chi connectivity index (χ1v) is 8.54. The Balaban J connectivity index is 1.79. The van der Waals surface area contributed by atoms with Gasteiger partial charge in [-0.05, 0) is 43.7 Å². The third kappa shape index (κ3) is 5.07. The van der Waals surface area contributed by atoms with Crippen molar-refractivity contribution in [3.63, 3.8) is 0 Å². The number of aryl methyl sites for hydroxylation is 2. The van der Waals surface area contributed by atoms with Gasteiger partial charge < -0.3 is 19.3 Å². The van der Waals surface area contributed by atoms with Crippen molar-refractivity contribution in [2.75, 3.05) is 5.32 Å². The van der Waals surface area contributed by atoms with Gasteiger partial charge >= 0.3 is 6.61 Å². The van der Waals surface area contributed by atoms with E-state index in [1.54, 1.807) is 26.0 Å². The minimum absolute atomic E-state index is 0.0629. The zero-order valence-electron chi connectivity index (χ0n) is 15.5. The highest BCUT2D eigenvalue weighted by Gasteiger charge is 2.22. The molecule has 1 aromatic heterocycles. The van der Waals surface area contributed by atoms with E-state index in [0.29, 0.717) is 11.3 Å². The van der Waals surface area contributed by atoms with Gasteiger partial charge in [0.25, 0.3) is 5.91 Å². The number of nitrogens with one attached hydrogen (secondary N) is 1. The average Bonchev–Trinajstić information content (AvgIpc) is 3.02. The smallest absolute Gasteiger partial charge is 0.387 e. The van der Waals surface area contributed by atoms with E-state index in [9.17, 15) is 18.0 Å². The molecule has 0 aliphatic rings. The molecular weight excluding hydrogens is 389 g/mol. The van der Waals surface area contributed by atoms with Crippen LogP contribution in [-0.2, 0) is 6.61 Å². The van der Waals surface area contributed by atoms with Crippen LogP contribution < -0.4 is 14.8 Å². The van der Waals surface area contributed by atoms with Crippen LogP contribution in [0.2, 0.25) is 0 Å². The Morgan fingerprint density at radius 3 is 2.72 bits per heavy atom. The molecule has 0 saturated heterocycles. The molecular formula is C20H17F3N2O4. The van der Waals surface area contributed by atoms with Gasteiger partial charge in [0.15, 0.2) is 5.69 Å². The molecule has 3 rings (SSSR count). The summed E-state index contributed by atoms with van der Waals surface area (Å²) in [4.78, 5) is 12.7. The van der Waals surface area contributed by atoms with E-state index < -0.39 is 18.3 Å². The summed E-state index contributed by atoms with van der Waals surface area (Å²) in [6.45, 7) is 0.181. The van der Waals surface area contributed by atoms with E-state index in [0.717, 1.165) is 5.56 Å². The van der Waals surface area contributed by atoms with Gasteiger partial charge in [0.1, 0.15) is 29.7 Å². The van der Waals surface area contributed by atoms with Crippen molar-refractivity contribution in [2.24, 2.45) is 0 Å². The van der Waals surface area contributed by atoms with Crippen molar-refractivity contribution in [1.82, 2.24) is 5.16 Å². The number of hydrogen-bond acceptors (Lipinski definition) is 5. The largest absolute Gasteiger partial charge is 0.489 e. The molecule has 0 aliphatic carbocycles. The summed E-state index contributed by atoms with van der Waals surface area (Å²) >= 11 is 0. The summed E-state index contributed by atoms with van der Waals surface area (Å²) in [5.74, 6) is -0.738. The molecule has 6 nitrogen and oxygen atoms in total. The highest BCUT2D eigenvalue weighted by atomic mass is 19.3. The van der Waals surface area contributed by atoms with Crippen molar-refractivity contribution in [3.8, 4) is 11.5 Å². The van der Waals surface area contributed by atoms with Crippen molar-refractivity contribution < 1.29 is 32.0 Å². The standard InChI is InChI=1S/C20H17F3N2O4/c1-11-6-7-17(28-20(22)23)16(8-11)24-19(26)18-15(12(2)29-25-18)10-27-14-5-3-4-13(21)9-14/h3-9,20H,10H2,1-2H3,(H,24,26). The summed E-state index contributed by atoms with van der Waals surface area (Å²) in [6, 6.07) is 9.92. The van der Waals surface area contributed by atoms with Gasteiger partial charge in [-0.1, -0.05) is 17.3 Å². The van der Waals surface area contributed by atoms with Gasteiger partial charge in [0, 0.05) is 6.07 Å². The fourth-order valence-corrected chi connectivity index (χ4v) is 2.57. The molecule has 2 aromatic carbocycles. The number of carbonyl (C=O) groups excluding carboxylic acids is 1. The van der Waals surface area contributed by atoms with E-state index in [1.165, 1.54) is 30.3 Å². The van der Waals surface area contributed by atoms with E-state index in [4.69, 9.17) is 9.26 Å². The van der Waals surface area contributed by atoms with Gasteiger partial charge in [-0.3, -0.25) is 4.79 Å². The molecule has 0 radical (unpaired) electrons. The zero-order chi connectivity index (χ0) is 21.0. The molecule has 0 fully saturated rings. The molecule has 0 spiro atoms. The van der Waals surface area contributed by atoms with Crippen LogP contribution in [0.5, 0.6) is 11.5 Å². The molecule has 1 amide bonds. The molecule has 0 atom stereocenters. The monoisotopic (exact) mass is 406 g/mol. The molecule has 0 unspecified atom stereocenters. The number of halogens is 3. The number of benzene rings is 2. The molecule has 1 N–H and O–H groups in total. The number of amides is 1. The molecule has 9 heteroatoms. The number of hydrogen-bond donors (Lipinski definition) is 1. The van der Waals surface area contributed by atoms with Gasteiger partial charge in [-0.15, -0.1) is 0 Å². The Hall–Kier alpha value is -3.49. The Bertz CT molecular complexity index is 1020. The fourth-order valence-electron chi connectivity index (χ4n) is 2.57. The number of alkyl halides is 2. The minimum Gasteiger partial charge on any atom is -0.489 e. The molecule has 3 aromatic rings. The van der Waals surface area contributed by atoms with Crippen LogP contribution in [0.1, 0.15) is 27.4 Å². The Morgan fingerprint density at radius 1 is 1.21 bits per heavy atom. The van der Waals surface area contributed by atoms with Gasteiger partial charge in [0.2, 0.25) is 0 Å². The van der Waals surface area contributed by atoms with Crippen molar-refractivity contribution in [1.29, 1.82) is 0 Å². The lowest BCUT2D eigenvalue weighted by molar-refractivity contribution is -0.0493. The van der Waals surface area contributed by atoms with E-state index >= 15 is 0 Å². The Morgan fingerprint density at radius 2 is 2.00 bits per heavy atom. The van der Waals surface area contributed by atoms with E-state index in [-0.39, 0.29) is 29.5 Å². The lowest BCUT2D eigenvalue weighted by atomic mass is 10.1. The first-order valence-electron chi connectivity index (χ1n) is 8.54. The maximum absolute atomic E-state index is 13.3. The third-order valence-corrected chi connectivity index (χ3v) is 3.98. The first kappa shape index (κ1) is 20.2. The average molecular weight is 406 g/mol. The highest BCUT2D eigenvalue weighted by molar-refractivity contribution is 6.04. The van der Waals surface area contributed by atoms with Crippen LogP contribution in [0.4, 0.5) is 18.9 Å². The van der Waals surface area contributed by atoms with Crippen LogP contribution in [0.25, 0.3) is 0 Å². The predicted octanol–water partition coefficient (Wildman–Crippen LogP) is 4.86. The topological polar surface area (TPSA) is 73.6 Å². The lowest BCUT2D eigenvalue weighted by Crippen LogP contribution is -2.17. The third-order valence-electron chi connectivity index (χ3n) is 3.98. The molecule has 1 heterocycles. The van der Waals surface area contributed by atoms with Crippen molar-refractivity contribution in [2.45, 2.75) is 27.1 Å². The zero-order valence-corrected chi connectivity index (χ0v) is 15.5. The Labute approximate surface area is 164 Å². The summed E-state index contributed by atoms with van der Waals surface area (Å²) in [7, 11) is 0. The van der Waals surface area contributed by atoms with Crippen LogP contribution in [0.3, 0.4) is 0 Å². The summed E-state index contributed by atoms with van der Waals surface area (Å²) in [6.07, 6.45) is 0. The SMILES string of the molecule is Cc1ccc(OC(F)F)c(NC(=O)c2noc(C)c2COc2cccc(F)c2)c1. The summed E-state index contributed by atoms with van der Waals surface area (Å²) in [5.41, 5.74) is 1.06. The van der Waals surface area contributed by atoms with Gasteiger partial charge in [-0.25, -0.2) is 4.39 Å². The molecule has 152 valence electrons. The van der Waals surface area contributed by atoms with Crippen LogP contribution in [0, 0.1) is 19.7 Å². The number of ether oxygens (including phenoxy) is 2. The Kier molecular flexibility index (Phi) is 6.06. The molecule has 0 saturated carbocycles. The van der Waals surface area contributed by atoms with Crippen LogP contribution in [-0.4, -0.2) is 17.7 Å². The molecule has 0 aliphatic heterocycles. The first-order chi connectivity index (χ1) is 13.8. The van der Waals surface area contributed by atoms with Gasteiger partial charge in [-0.2, -0.15) is 8.78 Å². The number of nitrogens with zero attached hydrogens (tertiary/aromatic N) is 1. The minimum atomic E-state index is -3.04. The summed E-state index contributed by atoms with van der Waals surface area (Å²) < 4.78 is 53.5. The second-order valence-electron chi connectivity index (χ2n) is 6.14. The number of aromatic nitrogens is 1. The molecule has 0 bridgehead atoms. The maximum Gasteiger partial charge on any atom is 0.387 e.